The molecule has 96 valence electrons. The van der Waals surface area contributed by atoms with Gasteiger partial charge in [-0.1, -0.05) is 0 Å². The van der Waals surface area contributed by atoms with Crippen LogP contribution in [0.2, 0.25) is 0 Å². The molecule has 0 aliphatic carbocycles. The van der Waals surface area contributed by atoms with Crippen LogP contribution in [0.1, 0.15) is 23.0 Å². The molecule has 1 N–H and O–H groups in total. The fraction of sp³-hybridized carbons (Fsp3) is 0.750. The third-order valence-corrected chi connectivity index (χ3v) is 3.95. The smallest absolute Gasteiger partial charge is 0.0983 e. The molecule has 5 heteroatoms. The minimum absolute atomic E-state index is 0.537. The highest BCUT2D eigenvalue weighted by Gasteiger charge is 2.20. The first-order chi connectivity index (χ1) is 8.40. The van der Waals surface area contributed by atoms with E-state index >= 15 is 0 Å². The Bertz CT molecular complexity index is 324. The van der Waals surface area contributed by atoms with Gasteiger partial charge >= 0.3 is 0 Å². The summed E-state index contributed by atoms with van der Waals surface area (Å²) >= 11 is 1.77. The predicted molar refractivity (Wildman–Crippen MR) is 68.7 cm³/mol. The lowest BCUT2D eigenvalue weighted by Gasteiger charge is -2.02. The van der Waals surface area contributed by atoms with Crippen molar-refractivity contribution in [1.29, 1.82) is 0 Å². The van der Waals surface area contributed by atoms with Crippen molar-refractivity contribution in [2.24, 2.45) is 0 Å². The van der Waals surface area contributed by atoms with E-state index in [1.807, 2.05) is 0 Å². The summed E-state index contributed by atoms with van der Waals surface area (Å²) in [5, 5.41) is 6.75. The molecule has 0 saturated carbocycles. The van der Waals surface area contributed by atoms with E-state index in [-0.39, 0.29) is 0 Å². The Morgan fingerprint density at radius 2 is 2.53 bits per heavy atom. The first kappa shape index (κ1) is 13.0. The molecule has 2 heterocycles. The van der Waals surface area contributed by atoms with E-state index < -0.39 is 0 Å². The zero-order chi connectivity index (χ0) is 11.9. The third-order valence-electron chi connectivity index (χ3n) is 2.89. The average Bonchev–Trinajstić information content (AvgIpc) is 2.99. The van der Waals surface area contributed by atoms with Gasteiger partial charge in [0, 0.05) is 44.5 Å². The van der Waals surface area contributed by atoms with Gasteiger partial charge in [0.15, 0.2) is 0 Å². The van der Waals surface area contributed by atoms with Crippen LogP contribution in [0.5, 0.6) is 0 Å². The highest BCUT2D eigenvalue weighted by atomic mass is 32.1. The lowest BCUT2D eigenvalue weighted by atomic mass is 10.1. The Morgan fingerprint density at radius 3 is 3.29 bits per heavy atom. The molecule has 1 atom stereocenters. The number of ether oxygens (including phenoxy) is 2. The van der Waals surface area contributed by atoms with E-state index in [1.165, 1.54) is 10.7 Å². The Labute approximate surface area is 106 Å². The summed E-state index contributed by atoms with van der Waals surface area (Å²) in [5.74, 6) is 0.537. The van der Waals surface area contributed by atoms with E-state index in [1.54, 1.807) is 18.4 Å². The summed E-state index contributed by atoms with van der Waals surface area (Å²) in [5.41, 5.74) is 1.20. The van der Waals surface area contributed by atoms with Crippen LogP contribution in [0.4, 0.5) is 0 Å². The molecule has 1 saturated heterocycles. The number of hydrogen-bond donors (Lipinski definition) is 1. The van der Waals surface area contributed by atoms with Crippen LogP contribution in [0.3, 0.4) is 0 Å². The largest absolute Gasteiger partial charge is 0.383 e. The van der Waals surface area contributed by atoms with Crippen molar-refractivity contribution >= 4 is 11.3 Å². The number of rotatable bonds is 7. The minimum atomic E-state index is 0.537. The third kappa shape index (κ3) is 4.03. The summed E-state index contributed by atoms with van der Waals surface area (Å²) in [7, 11) is 1.72. The fourth-order valence-corrected chi connectivity index (χ4v) is 2.85. The van der Waals surface area contributed by atoms with Crippen molar-refractivity contribution in [1.82, 2.24) is 10.3 Å². The van der Waals surface area contributed by atoms with Gasteiger partial charge in [0.1, 0.15) is 0 Å². The van der Waals surface area contributed by atoms with Gasteiger partial charge in [-0.15, -0.1) is 11.3 Å². The Kier molecular flexibility index (Phi) is 5.38. The average molecular weight is 256 g/mol. The quantitative estimate of drug-likeness (QED) is 0.749. The van der Waals surface area contributed by atoms with E-state index in [0.29, 0.717) is 5.92 Å². The van der Waals surface area contributed by atoms with Crippen molar-refractivity contribution in [2.75, 3.05) is 40.0 Å². The van der Waals surface area contributed by atoms with Crippen LogP contribution in [-0.2, 0) is 15.9 Å². The van der Waals surface area contributed by atoms with Gasteiger partial charge in [-0.05, 0) is 6.42 Å². The molecule has 1 aliphatic heterocycles. The molecule has 0 amide bonds. The molecular weight excluding hydrogens is 236 g/mol. The molecule has 1 aromatic heterocycles. The van der Waals surface area contributed by atoms with E-state index in [2.05, 4.69) is 15.7 Å². The van der Waals surface area contributed by atoms with Gasteiger partial charge in [0.25, 0.3) is 0 Å². The molecule has 4 nitrogen and oxygen atoms in total. The zero-order valence-corrected chi connectivity index (χ0v) is 11.1. The maximum Gasteiger partial charge on any atom is 0.0983 e. The van der Waals surface area contributed by atoms with Gasteiger partial charge in [0.2, 0.25) is 0 Å². The van der Waals surface area contributed by atoms with E-state index in [9.17, 15) is 0 Å². The summed E-state index contributed by atoms with van der Waals surface area (Å²) in [6.07, 6.45) is 2.12. The lowest BCUT2D eigenvalue weighted by molar-refractivity contribution is 0.194. The normalized spacial score (nSPS) is 19.9. The van der Waals surface area contributed by atoms with Crippen molar-refractivity contribution in [3.05, 3.63) is 16.1 Å². The maximum absolute atomic E-state index is 5.39. The van der Waals surface area contributed by atoms with Crippen LogP contribution in [0, 0.1) is 0 Å². The standard InChI is InChI=1S/C12H20N2O2S/c1-15-7-5-13-4-2-11-9-17-12(14-11)10-3-6-16-8-10/h9-10,13H,2-8H2,1H3. The summed E-state index contributed by atoms with van der Waals surface area (Å²) in [4.78, 5) is 4.68. The summed E-state index contributed by atoms with van der Waals surface area (Å²) in [6, 6.07) is 0. The highest BCUT2D eigenvalue weighted by Crippen LogP contribution is 2.27. The second kappa shape index (κ2) is 7.06. The molecule has 0 radical (unpaired) electrons. The minimum Gasteiger partial charge on any atom is -0.383 e. The van der Waals surface area contributed by atoms with Crippen molar-refractivity contribution < 1.29 is 9.47 Å². The molecule has 1 unspecified atom stereocenters. The van der Waals surface area contributed by atoms with Crippen molar-refractivity contribution in [2.45, 2.75) is 18.8 Å². The lowest BCUT2D eigenvalue weighted by Crippen LogP contribution is -2.21. The van der Waals surface area contributed by atoms with Crippen molar-refractivity contribution in [3.63, 3.8) is 0 Å². The van der Waals surface area contributed by atoms with Crippen LogP contribution in [0.15, 0.2) is 5.38 Å². The Morgan fingerprint density at radius 1 is 1.59 bits per heavy atom. The van der Waals surface area contributed by atoms with Crippen LogP contribution in [-0.4, -0.2) is 45.0 Å². The summed E-state index contributed by atoms with van der Waals surface area (Å²) in [6.45, 7) is 4.37. The highest BCUT2D eigenvalue weighted by molar-refractivity contribution is 7.09. The number of hydrogen-bond acceptors (Lipinski definition) is 5. The molecule has 1 fully saturated rings. The second-order valence-electron chi connectivity index (χ2n) is 4.23. The zero-order valence-electron chi connectivity index (χ0n) is 10.3. The molecular formula is C12H20N2O2S. The van der Waals surface area contributed by atoms with Gasteiger partial charge in [-0.2, -0.15) is 0 Å². The number of thiazole rings is 1. The predicted octanol–water partition coefficient (Wildman–Crippen LogP) is 1.43. The molecule has 2 rings (SSSR count). The van der Waals surface area contributed by atoms with Crippen molar-refractivity contribution in [3.8, 4) is 0 Å². The number of nitrogens with zero attached hydrogens (tertiary/aromatic N) is 1. The SMILES string of the molecule is COCCNCCc1csc(C2CCOC2)n1. The molecule has 1 aromatic rings. The first-order valence-electron chi connectivity index (χ1n) is 6.12. The van der Waals surface area contributed by atoms with E-state index in [0.717, 1.165) is 45.8 Å². The molecule has 0 spiro atoms. The molecule has 17 heavy (non-hydrogen) atoms. The Balaban J connectivity index is 1.70. The maximum atomic E-state index is 5.39. The number of nitrogens with one attached hydrogen (secondary N) is 1. The Hall–Kier alpha value is -0.490. The molecule has 0 bridgehead atoms. The van der Waals surface area contributed by atoms with Gasteiger partial charge < -0.3 is 14.8 Å². The molecule has 0 aromatic carbocycles. The van der Waals surface area contributed by atoms with Gasteiger partial charge in [-0.25, -0.2) is 4.98 Å². The topological polar surface area (TPSA) is 43.4 Å². The summed E-state index contributed by atoms with van der Waals surface area (Å²) < 4.78 is 10.4. The van der Waals surface area contributed by atoms with Gasteiger partial charge in [0.05, 0.1) is 23.9 Å². The first-order valence-corrected chi connectivity index (χ1v) is 7.00. The van der Waals surface area contributed by atoms with Crippen LogP contribution < -0.4 is 5.32 Å². The van der Waals surface area contributed by atoms with Crippen LogP contribution >= 0.6 is 11.3 Å². The number of aromatic nitrogens is 1. The van der Waals surface area contributed by atoms with Crippen LogP contribution in [0.25, 0.3) is 0 Å². The number of methoxy groups -OCH3 is 1. The van der Waals surface area contributed by atoms with Gasteiger partial charge in [-0.3, -0.25) is 0 Å². The second-order valence-corrected chi connectivity index (χ2v) is 5.12. The molecule has 1 aliphatic rings. The van der Waals surface area contributed by atoms with E-state index in [4.69, 9.17) is 9.47 Å². The monoisotopic (exact) mass is 256 g/mol. The fourth-order valence-electron chi connectivity index (χ4n) is 1.87.